The van der Waals surface area contributed by atoms with E-state index < -0.39 is 78.4 Å². The molecule has 0 saturated heterocycles. The van der Waals surface area contributed by atoms with Crippen molar-refractivity contribution >= 4 is 35.5 Å². The molecule has 0 heterocycles. The third-order valence-electron chi connectivity index (χ3n) is 4.94. The maximum atomic E-state index is 12.9. The molecule has 0 fully saturated rings. The smallest absolute Gasteiger partial charge is 0.326 e. The molecule has 10 N–H and O–H groups in total. The fourth-order valence-electron chi connectivity index (χ4n) is 3.10. The zero-order valence-electron chi connectivity index (χ0n) is 19.5. The minimum absolute atomic E-state index is 0.224. The predicted molar refractivity (Wildman–Crippen MR) is 124 cm³/mol. The minimum atomic E-state index is -1.68. The highest BCUT2D eigenvalue weighted by molar-refractivity contribution is 5.96. The van der Waals surface area contributed by atoms with Crippen molar-refractivity contribution in [3.8, 4) is 0 Å². The van der Waals surface area contributed by atoms with E-state index >= 15 is 0 Å². The summed E-state index contributed by atoms with van der Waals surface area (Å²) in [5.41, 5.74) is 16.9. The number of nitrogens with two attached hydrogens (primary N) is 3. The van der Waals surface area contributed by atoms with Gasteiger partial charge in [-0.15, -0.1) is 0 Å². The number of benzene rings is 1. The van der Waals surface area contributed by atoms with Crippen molar-refractivity contribution in [2.45, 2.75) is 57.3 Å². The summed E-state index contributed by atoms with van der Waals surface area (Å²) >= 11 is 0. The number of nitrogens with one attached hydrogen (secondary N) is 3. The van der Waals surface area contributed by atoms with Gasteiger partial charge in [-0.2, -0.15) is 0 Å². The van der Waals surface area contributed by atoms with Crippen molar-refractivity contribution in [1.29, 1.82) is 0 Å². The van der Waals surface area contributed by atoms with Crippen LogP contribution >= 0.6 is 0 Å². The van der Waals surface area contributed by atoms with Crippen LogP contribution in [0.5, 0.6) is 0 Å². The highest BCUT2D eigenvalue weighted by Crippen LogP contribution is 2.07. The number of hydrogen-bond acceptors (Lipinski definition) is 7. The van der Waals surface area contributed by atoms with Crippen molar-refractivity contribution < 1.29 is 33.9 Å². The second-order valence-corrected chi connectivity index (χ2v) is 8.33. The van der Waals surface area contributed by atoms with E-state index in [-0.39, 0.29) is 6.42 Å². The summed E-state index contributed by atoms with van der Waals surface area (Å²) in [6.07, 6.45) is -1.14. The first-order valence-electron chi connectivity index (χ1n) is 10.8. The summed E-state index contributed by atoms with van der Waals surface area (Å²) in [6, 6.07) is 3.69. The van der Waals surface area contributed by atoms with Gasteiger partial charge < -0.3 is 38.3 Å². The highest BCUT2D eigenvalue weighted by atomic mass is 16.4. The van der Waals surface area contributed by atoms with Gasteiger partial charge in [-0.1, -0.05) is 44.2 Å². The molecule has 4 unspecified atom stereocenters. The zero-order valence-corrected chi connectivity index (χ0v) is 19.5. The largest absolute Gasteiger partial charge is 0.480 e. The van der Waals surface area contributed by atoms with Gasteiger partial charge in [0.2, 0.25) is 29.5 Å². The molecule has 13 nitrogen and oxygen atoms in total. The second kappa shape index (κ2) is 13.6. The monoisotopic (exact) mass is 492 g/mol. The van der Waals surface area contributed by atoms with Gasteiger partial charge in [0.15, 0.2) is 0 Å². The average molecular weight is 493 g/mol. The number of carboxylic acid groups (broad SMARTS) is 1. The highest BCUT2D eigenvalue weighted by Gasteiger charge is 2.32. The lowest BCUT2D eigenvalue weighted by Crippen LogP contribution is -2.59. The number of primary amides is 2. The van der Waals surface area contributed by atoms with Gasteiger partial charge in [0.25, 0.3) is 0 Å². The van der Waals surface area contributed by atoms with Crippen LogP contribution in [0.1, 0.15) is 32.3 Å². The Morgan fingerprint density at radius 1 is 0.800 bits per heavy atom. The molecule has 0 aliphatic carbocycles. The molecule has 0 aliphatic heterocycles. The Morgan fingerprint density at radius 3 is 1.80 bits per heavy atom. The lowest BCUT2D eigenvalue weighted by molar-refractivity contribution is -0.144. The Labute approximate surface area is 202 Å². The molecule has 1 aromatic carbocycles. The second-order valence-electron chi connectivity index (χ2n) is 8.33. The van der Waals surface area contributed by atoms with Gasteiger partial charge >= 0.3 is 5.97 Å². The molecule has 0 saturated carbocycles. The van der Waals surface area contributed by atoms with Gasteiger partial charge in [-0.3, -0.25) is 24.0 Å². The van der Waals surface area contributed by atoms with Crippen LogP contribution in [0, 0.1) is 5.92 Å². The van der Waals surface area contributed by atoms with E-state index in [4.69, 9.17) is 17.2 Å². The van der Waals surface area contributed by atoms with E-state index in [1.54, 1.807) is 38.1 Å². The lowest BCUT2D eigenvalue weighted by atomic mass is 10.0. The first-order chi connectivity index (χ1) is 16.3. The molecule has 0 spiro atoms. The van der Waals surface area contributed by atoms with Crippen molar-refractivity contribution in [1.82, 2.24) is 16.0 Å². The summed E-state index contributed by atoms with van der Waals surface area (Å²) < 4.78 is 0. The van der Waals surface area contributed by atoms with Crippen LogP contribution in [-0.4, -0.2) is 64.8 Å². The van der Waals surface area contributed by atoms with E-state index in [1.807, 2.05) is 11.4 Å². The number of hydrogen-bond donors (Lipinski definition) is 7. The van der Waals surface area contributed by atoms with Gasteiger partial charge in [0.1, 0.15) is 18.1 Å². The maximum absolute atomic E-state index is 12.9. The molecule has 1 aromatic rings. The first-order valence-corrected chi connectivity index (χ1v) is 10.8. The Bertz CT molecular complexity index is 937. The van der Waals surface area contributed by atoms with Gasteiger partial charge in [-0.05, 0) is 17.9 Å². The SMILES string of the molecule is CC(C)C(NC(=O)C(N)Cc1ccccc1)C(=O)NC(CC(N)=O)C(=O)NC(CC(N)=O)C(=O)O. The van der Waals surface area contributed by atoms with E-state index in [2.05, 4.69) is 10.6 Å². The number of carbonyl (C=O) groups is 6. The molecule has 1 rings (SSSR count). The van der Waals surface area contributed by atoms with Crippen LogP contribution < -0.4 is 33.2 Å². The predicted octanol–water partition coefficient (Wildman–Crippen LogP) is -2.50. The maximum Gasteiger partial charge on any atom is 0.326 e. The van der Waals surface area contributed by atoms with Crippen LogP contribution in [-0.2, 0) is 35.2 Å². The van der Waals surface area contributed by atoms with Crippen LogP contribution in [0.2, 0.25) is 0 Å². The molecule has 0 aliphatic rings. The fraction of sp³-hybridized carbons (Fsp3) is 0.455. The molecule has 5 amide bonds. The third kappa shape index (κ3) is 10.2. The lowest BCUT2D eigenvalue weighted by Gasteiger charge is -2.26. The summed E-state index contributed by atoms with van der Waals surface area (Å²) in [5, 5.41) is 16.1. The average Bonchev–Trinajstić information content (AvgIpc) is 2.75. The fourth-order valence-corrected chi connectivity index (χ4v) is 3.10. The molecule has 0 aromatic heterocycles. The van der Waals surface area contributed by atoms with Crippen molar-refractivity contribution in [2.24, 2.45) is 23.1 Å². The Morgan fingerprint density at radius 2 is 1.31 bits per heavy atom. The summed E-state index contributed by atoms with van der Waals surface area (Å²) in [4.78, 5) is 71.9. The van der Waals surface area contributed by atoms with E-state index in [0.717, 1.165) is 5.56 Å². The molecule has 0 bridgehead atoms. The zero-order chi connectivity index (χ0) is 26.7. The Hall–Kier alpha value is -4.00. The van der Waals surface area contributed by atoms with Crippen LogP contribution in [0.3, 0.4) is 0 Å². The Kier molecular flexibility index (Phi) is 11.3. The molecule has 4 atom stereocenters. The van der Waals surface area contributed by atoms with Gasteiger partial charge in [-0.25, -0.2) is 4.79 Å². The number of amides is 5. The molecular weight excluding hydrogens is 460 g/mol. The standard InChI is InChI=1S/C22H32N6O7/c1-11(2)18(28-19(31)13(23)8-12-6-4-3-5-7-12)21(33)26-14(9-16(24)29)20(32)27-15(22(34)35)10-17(25)30/h3-7,11,13-15,18H,8-10,23H2,1-2H3,(H2,24,29)(H2,25,30)(H,26,33)(H,27,32)(H,28,31)(H,34,35). The molecule has 35 heavy (non-hydrogen) atoms. The number of aliphatic carboxylic acids is 1. The first kappa shape index (κ1) is 29.0. The topological polar surface area (TPSA) is 237 Å². The van der Waals surface area contributed by atoms with E-state index in [1.165, 1.54) is 0 Å². The number of rotatable bonds is 14. The van der Waals surface area contributed by atoms with Gasteiger partial charge in [0.05, 0.1) is 18.9 Å². The summed E-state index contributed by atoms with van der Waals surface area (Å²) in [5.74, 6) is -6.41. The Balaban J connectivity index is 2.93. The normalized spacial score (nSPS) is 14.2. The quantitative estimate of drug-likeness (QED) is 0.146. The molecular formula is C22H32N6O7. The summed E-state index contributed by atoms with van der Waals surface area (Å²) in [7, 11) is 0. The minimum Gasteiger partial charge on any atom is -0.480 e. The van der Waals surface area contributed by atoms with Crippen molar-refractivity contribution in [2.75, 3.05) is 0 Å². The van der Waals surface area contributed by atoms with Crippen LogP contribution in [0.4, 0.5) is 0 Å². The van der Waals surface area contributed by atoms with E-state index in [9.17, 15) is 33.9 Å². The van der Waals surface area contributed by atoms with Crippen LogP contribution in [0.15, 0.2) is 30.3 Å². The van der Waals surface area contributed by atoms with Crippen LogP contribution in [0.25, 0.3) is 0 Å². The number of carboxylic acids is 1. The molecule has 0 radical (unpaired) electrons. The number of carbonyl (C=O) groups excluding carboxylic acids is 5. The third-order valence-corrected chi connectivity index (χ3v) is 4.94. The summed E-state index contributed by atoms with van der Waals surface area (Å²) in [6.45, 7) is 3.29. The molecule has 13 heteroatoms. The van der Waals surface area contributed by atoms with Crippen molar-refractivity contribution in [3.05, 3.63) is 35.9 Å². The van der Waals surface area contributed by atoms with E-state index in [0.29, 0.717) is 0 Å². The molecule has 192 valence electrons. The van der Waals surface area contributed by atoms with Crippen molar-refractivity contribution in [3.63, 3.8) is 0 Å². The van der Waals surface area contributed by atoms with Gasteiger partial charge in [0, 0.05) is 0 Å².